The van der Waals surface area contributed by atoms with Crippen LogP contribution in [0.4, 0.5) is 5.69 Å². The zero-order valence-electron chi connectivity index (χ0n) is 19.8. The molecule has 36 heavy (non-hydrogen) atoms. The van der Waals surface area contributed by atoms with Gasteiger partial charge in [-0.2, -0.15) is 0 Å². The van der Waals surface area contributed by atoms with Crippen molar-refractivity contribution in [2.24, 2.45) is 0 Å². The maximum atomic E-state index is 12.9. The first-order valence-electron chi connectivity index (χ1n) is 11.7. The lowest BCUT2D eigenvalue weighted by Crippen LogP contribution is -2.15. The highest BCUT2D eigenvalue weighted by Gasteiger charge is 2.17. The van der Waals surface area contributed by atoms with Crippen molar-refractivity contribution in [2.45, 2.75) is 18.5 Å². The topological polar surface area (TPSA) is 81.9 Å². The molecular formula is C28H25N5O2S. The van der Waals surface area contributed by atoms with Crippen LogP contribution >= 0.6 is 11.8 Å². The molecule has 8 heteroatoms. The first kappa shape index (κ1) is 23.6. The molecule has 3 aromatic carbocycles. The molecule has 5 aromatic rings. The third kappa shape index (κ3) is 5.39. The van der Waals surface area contributed by atoms with E-state index >= 15 is 0 Å². The van der Waals surface area contributed by atoms with E-state index in [0.717, 1.165) is 39.4 Å². The highest BCUT2D eigenvalue weighted by atomic mass is 32.2. The second-order valence-corrected chi connectivity index (χ2v) is 8.98. The van der Waals surface area contributed by atoms with E-state index < -0.39 is 0 Å². The molecule has 0 atom stereocenters. The van der Waals surface area contributed by atoms with Gasteiger partial charge in [0.15, 0.2) is 5.16 Å². The minimum atomic E-state index is -0.123. The van der Waals surface area contributed by atoms with E-state index in [1.807, 2.05) is 84.3 Å². The molecule has 0 fully saturated rings. The van der Waals surface area contributed by atoms with Crippen molar-refractivity contribution in [1.29, 1.82) is 0 Å². The second-order valence-electron chi connectivity index (χ2n) is 8.04. The molecule has 0 saturated carbocycles. The molecule has 1 amide bonds. The molecular weight excluding hydrogens is 470 g/mol. The lowest BCUT2D eigenvalue weighted by Gasteiger charge is -2.12. The van der Waals surface area contributed by atoms with E-state index in [1.54, 1.807) is 6.20 Å². The number of hydrogen-bond acceptors (Lipinski definition) is 6. The Bertz CT molecular complexity index is 1460. The van der Waals surface area contributed by atoms with Crippen LogP contribution in [0, 0.1) is 0 Å². The minimum absolute atomic E-state index is 0.123. The molecule has 0 bridgehead atoms. The molecule has 0 aliphatic heterocycles. The average molecular weight is 496 g/mol. The maximum Gasteiger partial charge on any atom is 0.234 e. The lowest BCUT2D eigenvalue weighted by molar-refractivity contribution is -0.113. The molecule has 1 N–H and O–H groups in total. The number of aromatic nitrogens is 4. The zero-order chi connectivity index (χ0) is 24.7. The number of rotatable bonds is 9. The van der Waals surface area contributed by atoms with Gasteiger partial charge in [-0.1, -0.05) is 48.2 Å². The third-order valence-electron chi connectivity index (χ3n) is 5.56. The summed E-state index contributed by atoms with van der Waals surface area (Å²) in [6, 6.07) is 27.5. The van der Waals surface area contributed by atoms with Gasteiger partial charge in [0.25, 0.3) is 0 Å². The highest BCUT2D eigenvalue weighted by Crippen LogP contribution is 2.26. The molecule has 5 rings (SSSR count). The van der Waals surface area contributed by atoms with Gasteiger partial charge in [0.1, 0.15) is 11.6 Å². The zero-order valence-corrected chi connectivity index (χ0v) is 20.6. The van der Waals surface area contributed by atoms with Crippen LogP contribution in [-0.4, -0.2) is 38.0 Å². The smallest absolute Gasteiger partial charge is 0.234 e. The number of carbonyl (C=O) groups is 1. The Hall–Kier alpha value is -4.17. The van der Waals surface area contributed by atoms with E-state index in [2.05, 4.69) is 32.6 Å². The van der Waals surface area contributed by atoms with E-state index in [1.165, 1.54) is 11.8 Å². The van der Waals surface area contributed by atoms with Crippen LogP contribution in [0.15, 0.2) is 96.3 Å². The summed E-state index contributed by atoms with van der Waals surface area (Å²) in [7, 11) is 0. The predicted molar refractivity (Wildman–Crippen MR) is 143 cm³/mol. The van der Waals surface area contributed by atoms with Crippen molar-refractivity contribution in [2.75, 3.05) is 17.7 Å². The van der Waals surface area contributed by atoms with Crippen molar-refractivity contribution >= 4 is 34.3 Å². The monoisotopic (exact) mass is 495 g/mol. The summed E-state index contributed by atoms with van der Waals surface area (Å²) in [5, 5.41) is 13.5. The lowest BCUT2D eigenvalue weighted by atomic mass is 10.1. The molecule has 0 saturated heterocycles. The number of anilines is 1. The normalized spacial score (nSPS) is 10.9. The molecule has 2 aromatic heterocycles. The van der Waals surface area contributed by atoms with Gasteiger partial charge in [-0.05, 0) is 61.0 Å². The Balaban J connectivity index is 1.37. The summed E-state index contributed by atoms with van der Waals surface area (Å²) < 4.78 is 7.60. The van der Waals surface area contributed by atoms with Crippen LogP contribution in [0.2, 0.25) is 0 Å². The second kappa shape index (κ2) is 11.0. The number of nitrogens with one attached hydrogen (secondary N) is 1. The fourth-order valence-electron chi connectivity index (χ4n) is 3.93. The van der Waals surface area contributed by atoms with Crippen LogP contribution in [-0.2, 0) is 11.2 Å². The number of ether oxygens (including phenoxy) is 1. The van der Waals surface area contributed by atoms with E-state index in [0.29, 0.717) is 18.2 Å². The SMILES string of the molecule is CCOc1ccc(-n2c(Cc3ccccc3)nnc2SCC(=O)Nc2cccc3ncccc23)cc1. The van der Waals surface area contributed by atoms with Crippen LogP contribution in [0.5, 0.6) is 5.75 Å². The van der Waals surface area contributed by atoms with Crippen molar-refractivity contribution in [3.8, 4) is 11.4 Å². The molecule has 0 unspecified atom stereocenters. The van der Waals surface area contributed by atoms with Crippen molar-refractivity contribution in [3.63, 3.8) is 0 Å². The highest BCUT2D eigenvalue weighted by molar-refractivity contribution is 7.99. The Morgan fingerprint density at radius 3 is 2.58 bits per heavy atom. The molecule has 0 radical (unpaired) electrons. The summed E-state index contributed by atoms with van der Waals surface area (Å²) in [5.41, 5.74) is 3.63. The van der Waals surface area contributed by atoms with Gasteiger partial charge in [0, 0.05) is 23.7 Å². The Kier molecular flexibility index (Phi) is 7.23. The quantitative estimate of drug-likeness (QED) is 0.271. The van der Waals surface area contributed by atoms with E-state index in [4.69, 9.17) is 4.74 Å². The first-order valence-corrected chi connectivity index (χ1v) is 12.7. The number of fused-ring (bicyclic) bond motifs is 1. The summed E-state index contributed by atoms with van der Waals surface area (Å²) in [4.78, 5) is 17.2. The molecule has 0 spiro atoms. The molecule has 180 valence electrons. The summed E-state index contributed by atoms with van der Waals surface area (Å²) in [6.45, 7) is 2.56. The number of nitrogens with zero attached hydrogens (tertiary/aromatic N) is 4. The fraction of sp³-hybridized carbons (Fsp3) is 0.143. The predicted octanol–water partition coefficient (Wildman–Crippen LogP) is 5.54. The Morgan fingerprint density at radius 2 is 1.78 bits per heavy atom. The Labute approximate surface area is 213 Å². The number of hydrogen-bond donors (Lipinski definition) is 1. The Morgan fingerprint density at radius 1 is 0.944 bits per heavy atom. The van der Waals surface area contributed by atoms with E-state index in [-0.39, 0.29) is 11.7 Å². The van der Waals surface area contributed by atoms with Crippen molar-refractivity contribution in [3.05, 3.63) is 103 Å². The molecule has 0 aliphatic rings. The van der Waals surface area contributed by atoms with Gasteiger partial charge in [0.05, 0.1) is 23.6 Å². The number of carbonyl (C=O) groups excluding carboxylic acids is 1. The summed E-state index contributed by atoms with van der Waals surface area (Å²) in [5.74, 6) is 1.67. The fourth-order valence-corrected chi connectivity index (χ4v) is 4.70. The number of pyridine rings is 1. The van der Waals surface area contributed by atoms with Crippen LogP contribution < -0.4 is 10.1 Å². The van der Waals surface area contributed by atoms with Crippen molar-refractivity contribution < 1.29 is 9.53 Å². The molecule has 7 nitrogen and oxygen atoms in total. The minimum Gasteiger partial charge on any atom is -0.494 e. The van der Waals surface area contributed by atoms with Crippen LogP contribution in [0.1, 0.15) is 18.3 Å². The van der Waals surface area contributed by atoms with E-state index in [9.17, 15) is 4.79 Å². The first-order chi connectivity index (χ1) is 17.7. The largest absolute Gasteiger partial charge is 0.494 e. The van der Waals surface area contributed by atoms with Crippen LogP contribution in [0.25, 0.3) is 16.6 Å². The number of benzene rings is 3. The number of amides is 1. The summed E-state index contributed by atoms with van der Waals surface area (Å²) >= 11 is 1.35. The van der Waals surface area contributed by atoms with Gasteiger partial charge in [-0.25, -0.2) is 0 Å². The summed E-state index contributed by atoms with van der Waals surface area (Å²) in [6.07, 6.45) is 2.36. The molecule has 2 heterocycles. The third-order valence-corrected chi connectivity index (χ3v) is 6.49. The number of thioether (sulfide) groups is 1. The van der Waals surface area contributed by atoms with Gasteiger partial charge in [-0.15, -0.1) is 10.2 Å². The van der Waals surface area contributed by atoms with Gasteiger partial charge >= 0.3 is 0 Å². The van der Waals surface area contributed by atoms with Gasteiger partial charge in [0.2, 0.25) is 5.91 Å². The van der Waals surface area contributed by atoms with Crippen LogP contribution in [0.3, 0.4) is 0 Å². The van der Waals surface area contributed by atoms with Gasteiger partial charge < -0.3 is 10.1 Å². The van der Waals surface area contributed by atoms with Gasteiger partial charge in [-0.3, -0.25) is 14.3 Å². The standard InChI is InChI=1S/C28H25N5O2S/c1-2-35-22-15-13-21(14-16-22)33-26(18-20-8-4-3-5-9-20)31-32-28(33)36-19-27(34)30-25-12-6-11-24-23(25)10-7-17-29-24/h3-17H,2,18-19H2,1H3,(H,30,34). The van der Waals surface area contributed by atoms with Crippen molar-refractivity contribution in [1.82, 2.24) is 19.7 Å². The molecule has 0 aliphatic carbocycles. The average Bonchev–Trinajstić information content (AvgIpc) is 3.31. The maximum absolute atomic E-state index is 12.9.